The zero-order valence-corrected chi connectivity index (χ0v) is 22.5. The fourth-order valence-corrected chi connectivity index (χ4v) is 9.14. The first kappa shape index (κ1) is 28.1. The Morgan fingerprint density at radius 3 is 2.42 bits per heavy atom. The summed E-state index contributed by atoms with van der Waals surface area (Å²) in [7, 11) is 1.10. The van der Waals surface area contributed by atoms with E-state index in [0.717, 1.165) is 45.6 Å². The van der Waals surface area contributed by atoms with E-state index in [2.05, 4.69) is 18.6 Å². The minimum absolute atomic E-state index is 0.0223. The lowest BCUT2D eigenvalue weighted by atomic mass is 9.44. The third-order valence-corrected chi connectivity index (χ3v) is 11.1. The van der Waals surface area contributed by atoms with Gasteiger partial charge in [-0.05, 0) is 73.5 Å². The highest BCUT2D eigenvalue weighted by atomic mass is 16.7. The molecule has 38 heavy (non-hydrogen) atoms. The number of rotatable bonds is 5. The molecule has 0 radical (unpaired) electrons. The first-order valence-corrected chi connectivity index (χ1v) is 14.0. The molecule has 4 aliphatic carbocycles. The zero-order chi connectivity index (χ0) is 27.6. The lowest BCUT2D eigenvalue weighted by Gasteiger charge is -2.59. The van der Waals surface area contributed by atoms with E-state index >= 15 is 0 Å². The van der Waals surface area contributed by atoms with Gasteiger partial charge in [-0.15, -0.1) is 0 Å². The average molecular weight is 539 g/mol. The Morgan fingerprint density at radius 1 is 0.974 bits per heavy atom. The van der Waals surface area contributed by atoms with Crippen LogP contribution in [0.25, 0.3) is 0 Å². The minimum atomic E-state index is -1.72. The summed E-state index contributed by atoms with van der Waals surface area (Å²) in [5.41, 5.74) is -0.575. The average Bonchev–Trinajstić information content (AvgIpc) is 3.23. The van der Waals surface area contributed by atoms with Gasteiger partial charge in [0.2, 0.25) is 0 Å². The Balaban J connectivity index is 1.27. The highest BCUT2D eigenvalue weighted by molar-refractivity contribution is 5.88. The number of aliphatic hydroxyl groups excluding tert-OH is 4. The van der Waals surface area contributed by atoms with Gasteiger partial charge in [0.05, 0.1) is 13.2 Å². The van der Waals surface area contributed by atoms with Crippen LogP contribution >= 0.6 is 0 Å². The normalized spacial score (nSPS) is 50.5. The molecule has 1 saturated heterocycles. The predicted molar refractivity (Wildman–Crippen MR) is 131 cm³/mol. The van der Waals surface area contributed by atoms with E-state index in [1.807, 2.05) is 0 Å². The van der Waals surface area contributed by atoms with Gasteiger partial charge in [-0.25, -0.2) is 4.79 Å². The molecule has 0 spiro atoms. The van der Waals surface area contributed by atoms with E-state index in [-0.39, 0.29) is 46.8 Å². The second-order valence-electron chi connectivity index (χ2n) is 12.9. The summed E-state index contributed by atoms with van der Waals surface area (Å²) in [5.74, 6) is -0.457. The number of aliphatic hydroxyl groups is 4. The fraction of sp³-hybridized carbons (Fsp3) is 0.893. The van der Waals surface area contributed by atoms with Crippen molar-refractivity contribution in [1.82, 2.24) is 0 Å². The fourth-order valence-electron chi connectivity index (χ4n) is 9.14. The summed E-state index contributed by atoms with van der Waals surface area (Å²) in [4.78, 5) is 39.2. The number of ether oxygens (including phenoxy) is 3. The molecule has 10 nitrogen and oxygen atoms in total. The summed E-state index contributed by atoms with van der Waals surface area (Å²) < 4.78 is 15.5. The van der Waals surface area contributed by atoms with Crippen LogP contribution in [-0.2, 0) is 28.6 Å². The topological polar surface area (TPSA) is 160 Å². The molecule has 5 fully saturated rings. The first-order chi connectivity index (χ1) is 17.9. The quantitative estimate of drug-likeness (QED) is 0.368. The lowest BCUT2D eigenvalue weighted by molar-refractivity contribution is -0.293. The lowest BCUT2D eigenvalue weighted by Crippen LogP contribution is -2.60. The molecule has 214 valence electrons. The number of hydrogen-bond acceptors (Lipinski definition) is 10. The van der Waals surface area contributed by atoms with Gasteiger partial charge in [0.15, 0.2) is 18.2 Å². The molecule has 0 aromatic carbocycles. The maximum atomic E-state index is 13.8. The molecule has 4 saturated carbocycles. The van der Waals surface area contributed by atoms with Crippen molar-refractivity contribution >= 4 is 17.5 Å². The van der Waals surface area contributed by atoms with Crippen LogP contribution in [0.3, 0.4) is 0 Å². The van der Waals surface area contributed by atoms with E-state index < -0.39 is 48.7 Å². The van der Waals surface area contributed by atoms with Crippen molar-refractivity contribution in [3.05, 3.63) is 0 Å². The van der Waals surface area contributed by atoms with Crippen LogP contribution < -0.4 is 0 Å². The van der Waals surface area contributed by atoms with E-state index in [4.69, 9.17) is 9.47 Å². The van der Waals surface area contributed by atoms with E-state index in [1.54, 1.807) is 0 Å². The molecule has 13 atom stereocenters. The largest absolute Gasteiger partial charge is 0.467 e. The molecule has 0 aromatic heterocycles. The van der Waals surface area contributed by atoms with E-state index in [9.17, 15) is 34.8 Å². The first-order valence-electron chi connectivity index (χ1n) is 14.0. The second-order valence-corrected chi connectivity index (χ2v) is 12.9. The van der Waals surface area contributed by atoms with Gasteiger partial charge in [0, 0.05) is 18.3 Å². The molecule has 1 aliphatic heterocycles. The zero-order valence-electron chi connectivity index (χ0n) is 22.5. The molecule has 5 aliphatic rings. The van der Waals surface area contributed by atoms with Crippen LogP contribution in [0.15, 0.2) is 0 Å². The number of carbonyl (C=O) groups excluding carboxylic acids is 3. The van der Waals surface area contributed by atoms with Gasteiger partial charge in [0.1, 0.15) is 30.7 Å². The number of methoxy groups -OCH3 is 1. The predicted octanol–water partition coefficient (Wildman–Crippen LogP) is 0.752. The standard InChI is InChI=1S/C28H42O10/c1-27-9-8-14(29)10-13(27)4-5-15-16-6-7-17(28(16,2)11-18(30)20(15)27)19(31)12-37-26-23(34)21(32)22(33)24(38-26)25(35)36-3/h13-17,20-24,26,29,32-34H,4-12H2,1-3H3/t13-,14+,15-,16-,17+,20+,21+,22+,23-,24-,26-,27-,28-/m0/s1. The summed E-state index contributed by atoms with van der Waals surface area (Å²) in [6.07, 6.45) is -2.24. The third-order valence-electron chi connectivity index (χ3n) is 11.1. The molecule has 1 heterocycles. The molecule has 10 heteroatoms. The Labute approximate surface area is 223 Å². The number of Topliss-reactive ketones (excluding diaryl/α,β-unsaturated/α-hetero) is 2. The van der Waals surface area contributed by atoms with Gasteiger partial charge in [0.25, 0.3) is 0 Å². The molecular formula is C28H42O10. The number of carbonyl (C=O) groups is 3. The minimum Gasteiger partial charge on any atom is -0.467 e. The summed E-state index contributed by atoms with van der Waals surface area (Å²) in [6.45, 7) is 3.89. The second kappa shape index (κ2) is 10.2. The molecule has 0 amide bonds. The number of esters is 1. The molecule has 5 rings (SSSR count). The van der Waals surface area contributed by atoms with Crippen LogP contribution in [0.5, 0.6) is 0 Å². The maximum Gasteiger partial charge on any atom is 0.337 e. The van der Waals surface area contributed by atoms with Gasteiger partial charge in [-0.2, -0.15) is 0 Å². The van der Waals surface area contributed by atoms with Crippen molar-refractivity contribution in [2.75, 3.05) is 13.7 Å². The molecular weight excluding hydrogens is 496 g/mol. The summed E-state index contributed by atoms with van der Waals surface area (Å²) in [6, 6.07) is 0. The van der Waals surface area contributed by atoms with Gasteiger partial charge in [-0.1, -0.05) is 13.8 Å². The van der Waals surface area contributed by atoms with Crippen molar-refractivity contribution in [2.24, 2.45) is 40.4 Å². The molecule has 0 unspecified atom stereocenters. The van der Waals surface area contributed by atoms with Crippen molar-refractivity contribution in [3.63, 3.8) is 0 Å². The van der Waals surface area contributed by atoms with Gasteiger partial charge in [-0.3, -0.25) is 9.59 Å². The van der Waals surface area contributed by atoms with E-state index in [1.165, 1.54) is 0 Å². The Bertz CT molecular complexity index is 954. The highest BCUT2D eigenvalue weighted by Gasteiger charge is 2.64. The molecule has 4 N–H and O–H groups in total. The number of fused-ring (bicyclic) bond motifs is 5. The maximum absolute atomic E-state index is 13.8. The Morgan fingerprint density at radius 2 is 1.71 bits per heavy atom. The Hall–Kier alpha value is -1.43. The van der Waals surface area contributed by atoms with Crippen molar-refractivity contribution < 1.29 is 49.0 Å². The monoisotopic (exact) mass is 538 g/mol. The van der Waals surface area contributed by atoms with Crippen molar-refractivity contribution in [3.8, 4) is 0 Å². The highest BCUT2D eigenvalue weighted by Crippen LogP contribution is 2.66. The molecule has 0 bridgehead atoms. The van der Waals surface area contributed by atoms with Gasteiger partial charge >= 0.3 is 5.97 Å². The van der Waals surface area contributed by atoms with Crippen molar-refractivity contribution in [1.29, 1.82) is 0 Å². The van der Waals surface area contributed by atoms with Crippen LogP contribution in [0.2, 0.25) is 0 Å². The third kappa shape index (κ3) is 4.36. The van der Waals surface area contributed by atoms with Gasteiger partial charge < -0.3 is 34.6 Å². The van der Waals surface area contributed by atoms with Crippen molar-refractivity contribution in [2.45, 2.75) is 102 Å². The number of ketones is 2. The van der Waals surface area contributed by atoms with Crippen LogP contribution in [0, 0.1) is 40.4 Å². The van der Waals surface area contributed by atoms with E-state index in [0.29, 0.717) is 18.8 Å². The number of hydrogen-bond donors (Lipinski definition) is 4. The van der Waals surface area contributed by atoms with Crippen LogP contribution in [0.1, 0.15) is 65.2 Å². The summed E-state index contributed by atoms with van der Waals surface area (Å²) in [5, 5.41) is 40.8. The smallest absolute Gasteiger partial charge is 0.337 e. The SMILES string of the molecule is COC(=O)[C@H]1O[C@H](OCC(=O)[C@H]2CC[C@H]3[C@@H]4CC[C@H]5C[C@H](O)CC[C@]5(C)[C@H]4C(=O)C[C@]23C)[C@@H](O)[C@H](O)[C@H]1O. The van der Waals surface area contributed by atoms with Crippen LogP contribution in [-0.4, -0.2) is 88.5 Å². The Kier molecular flexibility index (Phi) is 7.54. The molecule has 0 aromatic rings. The summed E-state index contributed by atoms with van der Waals surface area (Å²) >= 11 is 0. The van der Waals surface area contributed by atoms with Crippen LogP contribution in [0.4, 0.5) is 0 Å².